The van der Waals surface area contributed by atoms with Crippen molar-refractivity contribution in [1.82, 2.24) is 0 Å². The number of hydrogen-bond donors (Lipinski definition) is 2. The lowest BCUT2D eigenvalue weighted by Crippen LogP contribution is -1.86. The lowest BCUT2D eigenvalue weighted by Gasteiger charge is -1.96. The molecule has 0 aliphatic heterocycles. The van der Waals surface area contributed by atoms with Gasteiger partial charge in [0.2, 0.25) is 0 Å². The van der Waals surface area contributed by atoms with E-state index < -0.39 is 7.60 Å². The first-order chi connectivity index (χ1) is 3.56. The minimum Gasteiger partial charge on any atom is -0.324 e. The van der Waals surface area contributed by atoms with Crippen molar-refractivity contribution in [3.63, 3.8) is 0 Å². The summed E-state index contributed by atoms with van der Waals surface area (Å²) in [5.74, 6) is 0. The van der Waals surface area contributed by atoms with Crippen LogP contribution in [0.4, 0.5) is 0 Å². The van der Waals surface area contributed by atoms with Crippen LogP contribution in [-0.4, -0.2) is 22.2 Å². The van der Waals surface area contributed by atoms with Gasteiger partial charge < -0.3 is 14.6 Å². The van der Waals surface area contributed by atoms with E-state index in [-0.39, 0.29) is 20.0 Å². The predicted molar refractivity (Wildman–Crippen MR) is 34.3 cm³/mol. The Balaban J connectivity index is 0. The molecular weight excluding hydrogens is 143 g/mol. The van der Waals surface area contributed by atoms with E-state index in [4.69, 9.17) is 9.79 Å². The minimum atomic E-state index is -3.91. The van der Waals surface area contributed by atoms with Crippen molar-refractivity contribution in [3.8, 4) is 0 Å². The zero-order valence-electron chi connectivity index (χ0n) is 4.15. The molecule has 56 valence electrons. The zero-order valence-corrected chi connectivity index (χ0v) is 5.04. The van der Waals surface area contributed by atoms with E-state index in [0.717, 1.165) is 0 Å². The Labute approximate surface area is 54.1 Å². The summed E-state index contributed by atoms with van der Waals surface area (Å²) >= 11 is 0. The molecule has 0 spiro atoms. The number of hydrogen-bond acceptors (Lipinski definition) is 2. The van der Waals surface area contributed by atoms with Gasteiger partial charge in [0.15, 0.2) is 0 Å². The maximum Gasteiger partial charge on any atom is 0.325 e. The van der Waals surface area contributed by atoms with Gasteiger partial charge in [0.05, 0.1) is 6.16 Å². The summed E-state index contributed by atoms with van der Waals surface area (Å²) in [4.78, 5) is 25.7. The summed E-state index contributed by atoms with van der Waals surface area (Å²) in [5.41, 5.74) is 0. The second-order valence-electron chi connectivity index (χ2n) is 1.34. The second-order valence-corrected chi connectivity index (χ2v) is 3.12. The number of aldehydes is 1. The summed E-state index contributed by atoms with van der Waals surface area (Å²) in [7, 11) is -3.91. The first-order valence-electron chi connectivity index (χ1n) is 2.04. The molecule has 0 unspecified atom stereocenters. The Kier molecular flexibility index (Phi) is 6.02. The quantitative estimate of drug-likeness (QED) is 0.455. The summed E-state index contributed by atoms with van der Waals surface area (Å²) in [5, 5.41) is 0. The first kappa shape index (κ1) is 11.6. The molecule has 0 aliphatic rings. The summed E-state index contributed by atoms with van der Waals surface area (Å²) in [6.07, 6.45) is 0.0832. The van der Waals surface area contributed by atoms with E-state index in [1.165, 1.54) is 0 Å². The monoisotopic (exact) mass is 154 g/mol. The molecule has 0 aromatic rings. The standard InChI is InChI=1S/C3H7O4P.CH4/c4-2-1-3-8(5,6)7;/h2H,1,3H2,(H2,5,6,7);1H4. The van der Waals surface area contributed by atoms with E-state index in [9.17, 15) is 9.36 Å². The highest BCUT2D eigenvalue weighted by Gasteiger charge is 2.10. The molecule has 0 rings (SSSR count). The van der Waals surface area contributed by atoms with Crippen molar-refractivity contribution in [1.29, 1.82) is 0 Å². The van der Waals surface area contributed by atoms with Gasteiger partial charge in [-0.3, -0.25) is 4.57 Å². The fourth-order valence-electron chi connectivity index (χ4n) is 0.221. The van der Waals surface area contributed by atoms with Crippen LogP contribution in [0.15, 0.2) is 0 Å². The summed E-state index contributed by atoms with van der Waals surface area (Å²) in [6.45, 7) is 0. The van der Waals surface area contributed by atoms with E-state index >= 15 is 0 Å². The lowest BCUT2D eigenvalue weighted by molar-refractivity contribution is -0.107. The molecule has 0 fully saturated rings. The molecule has 0 bridgehead atoms. The van der Waals surface area contributed by atoms with Gasteiger partial charge in [0, 0.05) is 6.42 Å². The van der Waals surface area contributed by atoms with Crippen LogP contribution in [0.5, 0.6) is 0 Å². The first-order valence-corrected chi connectivity index (χ1v) is 3.84. The smallest absolute Gasteiger partial charge is 0.324 e. The van der Waals surface area contributed by atoms with Crippen molar-refractivity contribution in [2.24, 2.45) is 0 Å². The second kappa shape index (κ2) is 4.68. The molecule has 0 saturated carbocycles. The van der Waals surface area contributed by atoms with Gasteiger partial charge in [0.25, 0.3) is 0 Å². The van der Waals surface area contributed by atoms with Crippen LogP contribution in [0.1, 0.15) is 13.8 Å². The normalized spacial score (nSPS) is 10.0. The van der Waals surface area contributed by atoms with Crippen molar-refractivity contribution >= 4 is 13.9 Å². The Morgan fingerprint density at radius 1 is 1.44 bits per heavy atom. The third-order valence-electron chi connectivity index (χ3n) is 0.538. The molecule has 0 saturated heterocycles. The molecule has 2 N–H and O–H groups in total. The molecule has 0 aromatic heterocycles. The van der Waals surface area contributed by atoms with Crippen LogP contribution in [-0.2, 0) is 9.36 Å². The molecule has 0 radical (unpaired) electrons. The number of carbonyl (C=O) groups excluding carboxylic acids is 1. The highest BCUT2D eigenvalue weighted by atomic mass is 31.2. The van der Waals surface area contributed by atoms with E-state index in [2.05, 4.69) is 0 Å². The Morgan fingerprint density at radius 2 is 1.89 bits per heavy atom. The topological polar surface area (TPSA) is 74.6 Å². The molecule has 0 aliphatic carbocycles. The molecule has 5 heteroatoms. The third-order valence-corrected chi connectivity index (χ3v) is 1.38. The number of rotatable bonds is 3. The molecule has 4 nitrogen and oxygen atoms in total. The van der Waals surface area contributed by atoms with Gasteiger partial charge >= 0.3 is 7.60 Å². The summed E-state index contributed by atoms with van der Waals surface area (Å²) < 4.78 is 9.93. The molecule has 0 amide bonds. The Bertz CT molecular complexity index is 116. The van der Waals surface area contributed by atoms with Gasteiger partial charge in [-0.15, -0.1) is 0 Å². The molecule has 0 atom stereocenters. The fraction of sp³-hybridized carbons (Fsp3) is 0.750. The van der Waals surface area contributed by atoms with Crippen molar-refractivity contribution in [2.75, 3.05) is 6.16 Å². The van der Waals surface area contributed by atoms with Crippen LogP contribution >= 0.6 is 7.60 Å². The maximum absolute atomic E-state index is 9.93. The van der Waals surface area contributed by atoms with Crippen LogP contribution in [0, 0.1) is 0 Å². The number of carbonyl (C=O) groups is 1. The zero-order chi connectivity index (χ0) is 6.62. The maximum atomic E-state index is 9.93. The fourth-order valence-corrected chi connectivity index (χ4v) is 0.663. The van der Waals surface area contributed by atoms with E-state index in [0.29, 0.717) is 6.29 Å². The molecule has 0 heterocycles. The van der Waals surface area contributed by atoms with Crippen LogP contribution in [0.3, 0.4) is 0 Å². The predicted octanol–water partition coefficient (Wildman–Crippen LogP) is 0.389. The van der Waals surface area contributed by atoms with Crippen molar-refractivity contribution < 1.29 is 19.1 Å². The van der Waals surface area contributed by atoms with Crippen LogP contribution < -0.4 is 0 Å². The van der Waals surface area contributed by atoms with Crippen LogP contribution in [0.2, 0.25) is 0 Å². The van der Waals surface area contributed by atoms with E-state index in [1.54, 1.807) is 0 Å². The van der Waals surface area contributed by atoms with Crippen LogP contribution in [0.25, 0.3) is 0 Å². The van der Waals surface area contributed by atoms with E-state index in [1.807, 2.05) is 0 Å². The highest BCUT2D eigenvalue weighted by Crippen LogP contribution is 2.34. The third kappa shape index (κ3) is 11.4. The largest absolute Gasteiger partial charge is 0.325 e. The SMILES string of the molecule is C.O=CCCP(=O)(O)O. The Morgan fingerprint density at radius 3 is 2.00 bits per heavy atom. The minimum absolute atomic E-state index is 0. The van der Waals surface area contributed by atoms with Gasteiger partial charge in [-0.05, 0) is 0 Å². The van der Waals surface area contributed by atoms with Gasteiger partial charge in [-0.1, -0.05) is 7.43 Å². The average Bonchev–Trinajstić information content (AvgIpc) is 1.59. The molecular formula is C4H11O4P. The summed E-state index contributed by atoms with van der Waals surface area (Å²) in [6, 6.07) is 0. The van der Waals surface area contributed by atoms with Gasteiger partial charge in [0.1, 0.15) is 6.29 Å². The molecule has 0 aromatic carbocycles. The average molecular weight is 154 g/mol. The molecule has 9 heavy (non-hydrogen) atoms. The lowest BCUT2D eigenvalue weighted by atomic mass is 10.6. The van der Waals surface area contributed by atoms with Gasteiger partial charge in [-0.2, -0.15) is 0 Å². The Hall–Kier alpha value is -0.180. The van der Waals surface area contributed by atoms with Crippen molar-refractivity contribution in [3.05, 3.63) is 0 Å². The van der Waals surface area contributed by atoms with Crippen molar-refractivity contribution in [2.45, 2.75) is 13.8 Å². The van der Waals surface area contributed by atoms with Gasteiger partial charge in [-0.25, -0.2) is 0 Å². The highest BCUT2D eigenvalue weighted by molar-refractivity contribution is 7.51.